The van der Waals surface area contributed by atoms with Crippen LogP contribution in [0.1, 0.15) is 13.3 Å². The Morgan fingerprint density at radius 3 is 2.42 bits per heavy atom. The molecule has 0 fully saturated rings. The van der Waals surface area contributed by atoms with Gasteiger partial charge in [0.25, 0.3) is 5.97 Å². The molecular weight excluding hydrogens is 172 g/mol. The van der Waals surface area contributed by atoms with Crippen LogP contribution in [0.2, 0.25) is 19.1 Å². The highest BCUT2D eigenvalue weighted by atomic mass is 28.4. The van der Waals surface area contributed by atoms with Crippen molar-refractivity contribution in [3.05, 3.63) is 0 Å². The normalized spacial score (nSPS) is 11.3. The van der Waals surface area contributed by atoms with Crippen molar-refractivity contribution >= 4 is 14.3 Å². The summed E-state index contributed by atoms with van der Waals surface area (Å²) in [4.78, 5) is 10.7. The van der Waals surface area contributed by atoms with Gasteiger partial charge in [-0.15, -0.1) is 0 Å². The van der Waals surface area contributed by atoms with Crippen molar-refractivity contribution in [3.8, 4) is 0 Å². The topological polar surface area (TPSA) is 35.5 Å². The van der Waals surface area contributed by atoms with Crippen LogP contribution < -0.4 is 0 Å². The van der Waals surface area contributed by atoms with Gasteiger partial charge in [0.1, 0.15) is 0 Å². The number of rotatable bonds is 5. The van der Waals surface area contributed by atoms with Crippen molar-refractivity contribution in [1.29, 1.82) is 0 Å². The maximum atomic E-state index is 10.7. The first-order chi connectivity index (χ1) is 5.48. The molecule has 4 heteroatoms. The lowest BCUT2D eigenvalue weighted by Gasteiger charge is -2.21. The van der Waals surface area contributed by atoms with Crippen LogP contribution >= 0.6 is 0 Å². The molecule has 0 heterocycles. The zero-order chi connectivity index (χ0) is 9.61. The van der Waals surface area contributed by atoms with Crippen molar-refractivity contribution < 1.29 is 14.0 Å². The number of hydrogen-bond acceptors (Lipinski definition) is 3. The lowest BCUT2D eigenvalue weighted by atomic mass is 10.5. The maximum Gasteiger partial charge on any atom is 0.289 e. The van der Waals surface area contributed by atoms with E-state index < -0.39 is 8.32 Å². The Morgan fingerprint density at radius 2 is 2.00 bits per heavy atom. The Morgan fingerprint density at radius 1 is 1.42 bits per heavy atom. The second-order valence-electron chi connectivity index (χ2n) is 3.45. The van der Waals surface area contributed by atoms with Gasteiger partial charge in [-0.25, -0.2) is 0 Å². The monoisotopic (exact) mass is 190 g/mol. The minimum Gasteiger partial charge on any atom is -0.520 e. The van der Waals surface area contributed by atoms with Crippen molar-refractivity contribution in [1.82, 2.24) is 0 Å². The standard InChI is InChI=1S/C8H18O3Si/c1-8(9)11-12(3,4)7-5-6-10-2/h5-7H2,1-4H3. The van der Waals surface area contributed by atoms with E-state index in [1.54, 1.807) is 7.11 Å². The predicted molar refractivity (Wildman–Crippen MR) is 50.5 cm³/mol. The fraction of sp³-hybridized carbons (Fsp3) is 0.875. The van der Waals surface area contributed by atoms with Crippen LogP contribution in [0.5, 0.6) is 0 Å². The van der Waals surface area contributed by atoms with Gasteiger partial charge in [-0.05, 0) is 25.6 Å². The molecule has 0 saturated heterocycles. The summed E-state index contributed by atoms with van der Waals surface area (Å²) in [5.74, 6) is -0.163. The Labute approximate surface area is 75.2 Å². The molecule has 0 aromatic heterocycles. The summed E-state index contributed by atoms with van der Waals surface area (Å²) in [5.41, 5.74) is 0. The van der Waals surface area contributed by atoms with Crippen LogP contribution in [0, 0.1) is 0 Å². The van der Waals surface area contributed by atoms with E-state index in [1.807, 2.05) is 13.1 Å². The van der Waals surface area contributed by atoms with Gasteiger partial charge < -0.3 is 9.16 Å². The summed E-state index contributed by atoms with van der Waals surface area (Å²) >= 11 is 0. The lowest BCUT2D eigenvalue weighted by Crippen LogP contribution is -2.32. The number of carbonyl (C=O) groups excluding carboxylic acids is 1. The lowest BCUT2D eigenvalue weighted by molar-refractivity contribution is -0.132. The van der Waals surface area contributed by atoms with Gasteiger partial charge in [0, 0.05) is 20.6 Å². The molecule has 0 atom stereocenters. The molecule has 72 valence electrons. The summed E-state index contributed by atoms with van der Waals surface area (Å²) < 4.78 is 10.2. The van der Waals surface area contributed by atoms with Crippen molar-refractivity contribution in [2.75, 3.05) is 13.7 Å². The van der Waals surface area contributed by atoms with Crippen LogP contribution in [-0.2, 0) is 14.0 Å². The van der Waals surface area contributed by atoms with E-state index in [-0.39, 0.29) is 5.97 Å². The van der Waals surface area contributed by atoms with Gasteiger partial charge >= 0.3 is 0 Å². The summed E-state index contributed by atoms with van der Waals surface area (Å²) in [6.07, 6.45) is 0.975. The minimum atomic E-state index is -1.73. The molecule has 0 radical (unpaired) electrons. The van der Waals surface area contributed by atoms with E-state index in [1.165, 1.54) is 6.92 Å². The van der Waals surface area contributed by atoms with E-state index in [0.717, 1.165) is 19.1 Å². The highest BCUT2D eigenvalue weighted by Crippen LogP contribution is 2.13. The summed E-state index contributed by atoms with van der Waals surface area (Å²) in [5, 5.41) is 0. The minimum absolute atomic E-state index is 0.163. The second-order valence-corrected chi connectivity index (χ2v) is 7.67. The Hall–Kier alpha value is -0.353. The van der Waals surface area contributed by atoms with E-state index in [0.29, 0.717) is 0 Å². The molecular formula is C8H18O3Si. The van der Waals surface area contributed by atoms with E-state index in [4.69, 9.17) is 9.16 Å². The van der Waals surface area contributed by atoms with Gasteiger partial charge in [0.15, 0.2) is 0 Å². The van der Waals surface area contributed by atoms with Crippen molar-refractivity contribution in [2.45, 2.75) is 32.5 Å². The molecule has 0 aliphatic heterocycles. The molecule has 3 nitrogen and oxygen atoms in total. The molecule has 12 heavy (non-hydrogen) atoms. The van der Waals surface area contributed by atoms with E-state index >= 15 is 0 Å². The number of carbonyl (C=O) groups is 1. The summed E-state index contributed by atoms with van der Waals surface area (Å²) in [6.45, 7) is 6.30. The van der Waals surface area contributed by atoms with Gasteiger partial charge in [-0.2, -0.15) is 0 Å². The highest BCUT2D eigenvalue weighted by molar-refractivity contribution is 6.72. The molecule has 0 unspecified atom stereocenters. The summed E-state index contributed by atoms with van der Waals surface area (Å²) in [7, 11) is -0.0522. The Bertz CT molecular complexity index is 145. The molecule has 0 aromatic carbocycles. The zero-order valence-electron chi connectivity index (χ0n) is 8.35. The van der Waals surface area contributed by atoms with Gasteiger partial charge in [-0.1, -0.05) is 0 Å². The molecule has 0 bridgehead atoms. The second kappa shape index (κ2) is 5.32. The third-order valence-electron chi connectivity index (χ3n) is 1.55. The molecule has 0 N–H and O–H groups in total. The van der Waals surface area contributed by atoms with E-state index in [9.17, 15) is 4.79 Å². The third kappa shape index (κ3) is 6.36. The Balaban J connectivity index is 3.63. The SMILES string of the molecule is COCCC[Si](C)(C)OC(C)=O. The van der Waals surface area contributed by atoms with Gasteiger partial charge in [0.2, 0.25) is 8.32 Å². The van der Waals surface area contributed by atoms with E-state index in [2.05, 4.69) is 0 Å². The number of ether oxygens (including phenoxy) is 1. The summed E-state index contributed by atoms with van der Waals surface area (Å²) in [6, 6.07) is 0.973. The maximum absolute atomic E-state index is 10.7. The van der Waals surface area contributed by atoms with Crippen LogP contribution in [-0.4, -0.2) is 28.0 Å². The number of methoxy groups -OCH3 is 1. The van der Waals surface area contributed by atoms with Crippen molar-refractivity contribution in [3.63, 3.8) is 0 Å². The average molecular weight is 190 g/mol. The van der Waals surface area contributed by atoms with Crippen LogP contribution in [0.25, 0.3) is 0 Å². The third-order valence-corrected chi connectivity index (χ3v) is 3.95. The van der Waals surface area contributed by atoms with Crippen LogP contribution in [0.3, 0.4) is 0 Å². The smallest absolute Gasteiger partial charge is 0.289 e. The first-order valence-electron chi connectivity index (χ1n) is 4.16. The zero-order valence-corrected chi connectivity index (χ0v) is 9.35. The van der Waals surface area contributed by atoms with Crippen LogP contribution in [0.15, 0.2) is 0 Å². The Kier molecular flexibility index (Phi) is 5.16. The first kappa shape index (κ1) is 11.6. The largest absolute Gasteiger partial charge is 0.520 e. The molecule has 0 aliphatic rings. The quantitative estimate of drug-likeness (QED) is 0.490. The van der Waals surface area contributed by atoms with Gasteiger partial charge in [-0.3, -0.25) is 4.79 Å². The van der Waals surface area contributed by atoms with Crippen molar-refractivity contribution in [2.24, 2.45) is 0 Å². The highest BCUT2D eigenvalue weighted by Gasteiger charge is 2.24. The molecule has 0 spiro atoms. The van der Waals surface area contributed by atoms with Crippen LogP contribution in [0.4, 0.5) is 0 Å². The molecule has 0 aromatic rings. The van der Waals surface area contributed by atoms with Gasteiger partial charge in [0.05, 0.1) is 0 Å². The molecule has 0 aliphatic carbocycles. The predicted octanol–water partition coefficient (Wildman–Crippen LogP) is 1.79. The fourth-order valence-electron chi connectivity index (χ4n) is 1.08. The average Bonchev–Trinajstić information content (AvgIpc) is 1.84. The molecule has 0 rings (SSSR count). The fourth-order valence-corrected chi connectivity index (χ4v) is 2.96. The first-order valence-corrected chi connectivity index (χ1v) is 7.28. The number of hydrogen-bond donors (Lipinski definition) is 0. The molecule has 0 saturated carbocycles. The molecule has 0 amide bonds.